The Morgan fingerprint density at radius 2 is 2.06 bits per heavy atom. The van der Waals surface area contributed by atoms with Crippen molar-refractivity contribution in [1.82, 2.24) is 5.32 Å². The maximum absolute atomic E-state index is 11.7. The topological polar surface area (TPSA) is 64.3 Å². The summed E-state index contributed by atoms with van der Waals surface area (Å²) in [5.41, 5.74) is 4.72. The van der Waals surface area contributed by atoms with E-state index in [-0.39, 0.29) is 10.9 Å². The molecule has 0 atom stereocenters. The van der Waals surface area contributed by atoms with Crippen molar-refractivity contribution in [1.29, 1.82) is 0 Å². The zero-order valence-corrected chi connectivity index (χ0v) is 12.0. The Labute approximate surface area is 109 Å². The van der Waals surface area contributed by atoms with Crippen molar-refractivity contribution in [2.24, 2.45) is 17.1 Å². The van der Waals surface area contributed by atoms with E-state index in [0.29, 0.717) is 19.1 Å². The summed E-state index contributed by atoms with van der Waals surface area (Å²) in [5.74, 6) is 0.409. The van der Waals surface area contributed by atoms with E-state index in [1.54, 1.807) is 13.8 Å². The molecule has 4 nitrogen and oxygen atoms in total. The standard InChI is InChI=1S/C12H24N2O2S/c1-9(2)8-16-7-5-6-14-11(15)12(3,4)10(13)17/h9H,5-8H2,1-4H3,(H2,13,17)(H,14,15). The molecule has 3 N–H and O–H groups in total. The molecule has 0 radical (unpaired) electrons. The van der Waals surface area contributed by atoms with Crippen molar-refractivity contribution >= 4 is 23.1 Å². The number of rotatable bonds is 8. The molecule has 0 spiro atoms. The Bertz CT molecular complexity index is 265. The Morgan fingerprint density at radius 1 is 1.47 bits per heavy atom. The van der Waals surface area contributed by atoms with Crippen LogP contribution in [0.1, 0.15) is 34.1 Å². The second kappa shape index (κ2) is 7.61. The monoisotopic (exact) mass is 260 g/mol. The molecule has 0 saturated carbocycles. The summed E-state index contributed by atoms with van der Waals surface area (Å²) in [6.07, 6.45) is 0.797. The van der Waals surface area contributed by atoms with Crippen LogP contribution in [0.2, 0.25) is 0 Å². The van der Waals surface area contributed by atoms with Gasteiger partial charge < -0.3 is 15.8 Å². The van der Waals surface area contributed by atoms with Gasteiger partial charge in [0.1, 0.15) is 0 Å². The maximum atomic E-state index is 11.7. The van der Waals surface area contributed by atoms with Gasteiger partial charge in [-0.15, -0.1) is 0 Å². The van der Waals surface area contributed by atoms with Gasteiger partial charge in [0.05, 0.1) is 10.4 Å². The van der Waals surface area contributed by atoms with E-state index in [1.807, 2.05) is 0 Å². The Hall–Kier alpha value is -0.680. The van der Waals surface area contributed by atoms with E-state index in [1.165, 1.54) is 0 Å². The molecule has 0 bridgehead atoms. The number of amides is 1. The van der Waals surface area contributed by atoms with E-state index in [0.717, 1.165) is 13.0 Å². The van der Waals surface area contributed by atoms with Gasteiger partial charge in [0.15, 0.2) is 0 Å². The van der Waals surface area contributed by atoms with Crippen molar-refractivity contribution in [2.75, 3.05) is 19.8 Å². The first-order chi connectivity index (χ1) is 7.78. The van der Waals surface area contributed by atoms with Crippen LogP contribution in [-0.4, -0.2) is 30.7 Å². The minimum Gasteiger partial charge on any atom is -0.392 e. The molecule has 1 amide bonds. The van der Waals surface area contributed by atoms with Crippen LogP contribution in [0, 0.1) is 11.3 Å². The molecule has 0 aromatic carbocycles. The smallest absolute Gasteiger partial charge is 0.232 e. The molecule has 0 fully saturated rings. The van der Waals surface area contributed by atoms with Gasteiger partial charge >= 0.3 is 0 Å². The van der Waals surface area contributed by atoms with Crippen LogP contribution in [0.25, 0.3) is 0 Å². The quantitative estimate of drug-likeness (QED) is 0.512. The van der Waals surface area contributed by atoms with Crippen molar-refractivity contribution in [3.8, 4) is 0 Å². The van der Waals surface area contributed by atoms with Crippen LogP contribution >= 0.6 is 12.2 Å². The highest BCUT2D eigenvalue weighted by molar-refractivity contribution is 7.80. The normalized spacial score (nSPS) is 11.6. The minimum absolute atomic E-state index is 0.131. The first-order valence-corrected chi connectivity index (χ1v) is 6.35. The molecule has 0 aliphatic carbocycles. The molecule has 0 aliphatic rings. The lowest BCUT2D eigenvalue weighted by molar-refractivity contribution is -0.126. The van der Waals surface area contributed by atoms with Gasteiger partial charge in [-0.25, -0.2) is 0 Å². The number of hydrogen-bond donors (Lipinski definition) is 2. The highest BCUT2D eigenvalue weighted by atomic mass is 32.1. The van der Waals surface area contributed by atoms with Crippen LogP contribution < -0.4 is 11.1 Å². The van der Waals surface area contributed by atoms with Crippen molar-refractivity contribution in [3.63, 3.8) is 0 Å². The lowest BCUT2D eigenvalue weighted by Gasteiger charge is -2.21. The van der Waals surface area contributed by atoms with Gasteiger partial charge in [0, 0.05) is 19.8 Å². The van der Waals surface area contributed by atoms with Crippen LogP contribution in [0.5, 0.6) is 0 Å². The predicted molar refractivity (Wildman–Crippen MR) is 73.9 cm³/mol. The van der Waals surface area contributed by atoms with Crippen LogP contribution in [0.15, 0.2) is 0 Å². The summed E-state index contributed by atoms with van der Waals surface area (Å²) < 4.78 is 5.41. The summed E-state index contributed by atoms with van der Waals surface area (Å²) in [4.78, 5) is 11.9. The third-order valence-electron chi connectivity index (χ3n) is 2.39. The summed E-state index contributed by atoms with van der Waals surface area (Å²) in [6, 6.07) is 0. The summed E-state index contributed by atoms with van der Waals surface area (Å²) in [7, 11) is 0. The molecule has 0 unspecified atom stereocenters. The van der Waals surface area contributed by atoms with E-state index in [2.05, 4.69) is 19.2 Å². The number of ether oxygens (including phenoxy) is 1. The fraction of sp³-hybridized carbons (Fsp3) is 0.833. The maximum Gasteiger partial charge on any atom is 0.232 e. The largest absolute Gasteiger partial charge is 0.392 e. The molecular weight excluding hydrogens is 236 g/mol. The van der Waals surface area contributed by atoms with Gasteiger partial charge in [-0.1, -0.05) is 26.1 Å². The number of nitrogens with two attached hydrogens (primary N) is 1. The average molecular weight is 260 g/mol. The lowest BCUT2D eigenvalue weighted by Crippen LogP contribution is -2.45. The first kappa shape index (κ1) is 16.3. The molecule has 0 heterocycles. The van der Waals surface area contributed by atoms with Crippen LogP contribution in [0.4, 0.5) is 0 Å². The Morgan fingerprint density at radius 3 is 2.53 bits per heavy atom. The molecular formula is C12H24N2O2S. The molecule has 0 saturated heterocycles. The first-order valence-electron chi connectivity index (χ1n) is 5.94. The van der Waals surface area contributed by atoms with E-state index >= 15 is 0 Å². The van der Waals surface area contributed by atoms with E-state index < -0.39 is 5.41 Å². The van der Waals surface area contributed by atoms with Gasteiger partial charge in [-0.3, -0.25) is 4.79 Å². The molecule has 0 aliphatic heterocycles. The molecule has 0 aromatic rings. The molecule has 17 heavy (non-hydrogen) atoms. The summed E-state index contributed by atoms with van der Waals surface area (Å²) in [6.45, 7) is 9.65. The lowest BCUT2D eigenvalue weighted by atomic mass is 9.92. The fourth-order valence-corrected chi connectivity index (χ4v) is 1.12. The molecule has 0 aromatic heterocycles. The zero-order valence-electron chi connectivity index (χ0n) is 11.2. The number of carbonyl (C=O) groups is 1. The highest BCUT2D eigenvalue weighted by Crippen LogP contribution is 2.14. The van der Waals surface area contributed by atoms with Crippen LogP contribution in [-0.2, 0) is 9.53 Å². The Kier molecular flexibility index (Phi) is 7.30. The summed E-state index contributed by atoms with van der Waals surface area (Å²) in [5, 5.41) is 2.81. The molecule has 0 rings (SSSR count). The van der Waals surface area contributed by atoms with Gasteiger partial charge in [0.2, 0.25) is 5.91 Å². The third kappa shape index (κ3) is 6.58. The van der Waals surface area contributed by atoms with Gasteiger partial charge in [-0.2, -0.15) is 0 Å². The minimum atomic E-state index is -0.784. The second-order valence-corrected chi connectivity index (χ2v) is 5.51. The SMILES string of the molecule is CC(C)COCCCNC(=O)C(C)(C)C(N)=S. The zero-order chi connectivity index (χ0) is 13.5. The van der Waals surface area contributed by atoms with Crippen molar-refractivity contribution in [3.05, 3.63) is 0 Å². The van der Waals surface area contributed by atoms with Gasteiger partial charge in [0.25, 0.3) is 0 Å². The molecule has 100 valence electrons. The van der Waals surface area contributed by atoms with Crippen LogP contribution in [0.3, 0.4) is 0 Å². The highest BCUT2D eigenvalue weighted by Gasteiger charge is 2.30. The number of hydrogen-bond acceptors (Lipinski definition) is 3. The summed E-state index contributed by atoms with van der Waals surface area (Å²) >= 11 is 4.85. The third-order valence-corrected chi connectivity index (χ3v) is 2.90. The average Bonchev–Trinajstić information content (AvgIpc) is 2.21. The molecule has 5 heteroatoms. The Balaban J connectivity index is 3.69. The number of carbonyl (C=O) groups excluding carboxylic acids is 1. The number of thiocarbonyl (C=S) groups is 1. The van der Waals surface area contributed by atoms with E-state index in [4.69, 9.17) is 22.7 Å². The van der Waals surface area contributed by atoms with E-state index in [9.17, 15) is 4.79 Å². The second-order valence-electron chi connectivity index (χ2n) is 5.07. The van der Waals surface area contributed by atoms with Crippen molar-refractivity contribution in [2.45, 2.75) is 34.1 Å². The number of nitrogens with one attached hydrogen (secondary N) is 1. The predicted octanol–water partition coefficient (Wildman–Crippen LogP) is 1.48. The van der Waals surface area contributed by atoms with Crippen molar-refractivity contribution < 1.29 is 9.53 Å². The fourth-order valence-electron chi connectivity index (χ4n) is 1.03. The van der Waals surface area contributed by atoms with Gasteiger partial charge in [-0.05, 0) is 26.2 Å².